The lowest BCUT2D eigenvalue weighted by atomic mass is 10.1. The second kappa shape index (κ2) is 5.42. The molecule has 0 fully saturated rings. The van der Waals surface area contributed by atoms with E-state index >= 15 is 0 Å². The highest BCUT2D eigenvalue weighted by atomic mass is 32.1. The Morgan fingerprint density at radius 1 is 1.40 bits per heavy atom. The maximum Gasteiger partial charge on any atom is 0.246 e. The summed E-state index contributed by atoms with van der Waals surface area (Å²) < 4.78 is 0. The predicted octanol–water partition coefficient (Wildman–Crippen LogP) is 1.72. The number of nitrogens with two attached hydrogens (primary N) is 1. The Kier molecular flexibility index (Phi) is 3.47. The van der Waals surface area contributed by atoms with E-state index in [1.165, 1.54) is 10.4 Å². The molecule has 20 heavy (non-hydrogen) atoms. The molecule has 2 aromatic rings. The molecule has 3 rings (SSSR count). The number of amides is 1. The van der Waals surface area contributed by atoms with E-state index in [0.29, 0.717) is 6.54 Å². The molecule has 0 saturated heterocycles. The van der Waals surface area contributed by atoms with Crippen LogP contribution in [0.25, 0.3) is 6.08 Å². The van der Waals surface area contributed by atoms with Crippen molar-refractivity contribution in [2.75, 3.05) is 12.3 Å². The van der Waals surface area contributed by atoms with Gasteiger partial charge < -0.3 is 10.6 Å². The summed E-state index contributed by atoms with van der Waals surface area (Å²) in [5.41, 5.74) is 7.44. The second-order valence-corrected chi connectivity index (χ2v) is 5.59. The van der Waals surface area contributed by atoms with E-state index in [9.17, 15) is 4.79 Å². The zero-order valence-corrected chi connectivity index (χ0v) is 11.6. The monoisotopic (exact) mass is 286 g/mol. The van der Waals surface area contributed by atoms with Crippen LogP contribution in [0.2, 0.25) is 0 Å². The Labute approximate surface area is 120 Å². The summed E-state index contributed by atoms with van der Waals surface area (Å²) in [7, 11) is 0. The van der Waals surface area contributed by atoms with Gasteiger partial charge >= 0.3 is 0 Å². The van der Waals surface area contributed by atoms with Crippen molar-refractivity contribution in [1.82, 2.24) is 14.9 Å². The molecule has 0 aromatic carbocycles. The first-order valence-electron chi connectivity index (χ1n) is 6.32. The molecule has 1 aliphatic heterocycles. The lowest BCUT2D eigenvalue weighted by molar-refractivity contribution is -0.126. The maximum absolute atomic E-state index is 12.1. The molecule has 2 N–H and O–H groups in total. The first-order chi connectivity index (χ1) is 9.72. The van der Waals surface area contributed by atoms with Gasteiger partial charge in [0.2, 0.25) is 11.9 Å². The van der Waals surface area contributed by atoms with Crippen molar-refractivity contribution in [1.29, 1.82) is 0 Å². The molecular weight excluding hydrogens is 272 g/mol. The summed E-state index contributed by atoms with van der Waals surface area (Å²) >= 11 is 1.77. The quantitative estimate of drug-likeness (QED) is 0.853. The molecule has 102 valence electrons. The van der Waals surface area contributed by atoms with Gasteiger partial charge in [0.05, 0.1) is 0 Å². The minimum Gasteiger partial charge on any atom is -0.368 e. The molecule has 0 aliphatic carbocycles. The van der Waals surface area contributed by atoms with Crippen LogP contribution >= 0.6 is 11.3 Å². The maximum atomic E-state index is 12.1. The first-order valence-corrected chi connectivity index (χ1v) is 7.20. The average molecular weight is 286 g/mol. The van der Waals surface area contributed by atoms with Gasteiger partial charge in [-0.1, -0.05) is 0 Å². The highest BCUT2D eigenvalue weighted by Crippen LogP contribution is 2.24. The first kappa shape index (κ1) is 12.8. The highest BCUT2D eigenvalue weighted by molar-refractivity contribution is 7.10. The van der Waals surface area contributed by atoms with Crippen molar-refractivity contribution in [3.8, 4) is 0 Å². The van der Waals surface area contributed by atoms with Gasteiger partial charge in [-0.05, 0) is 29.5 Å². The number of thiophene rings is 1. The number of hydrogen-bond acceptors (Lipinski definition) is 5. The fraction of sp³-hybridized carbons (Fsp3) is 0.214. The Balaban J connectivity index is 1.67. The van der Waals surface area contributed by atoms with Crippen LogP contribution < -0.4 is 5.73 Å². The number of rotatable bonds is 2. The van der Waals surface area contributed by atoms with E-state index < -0.39 is 0 Å². The van der Waals surface area contributed by atoms with Gasteiger partial charge in [-0.15, -0.1) is 11.3 Å². The van der Waals surface area contributed by atoms with Crippen molar-refractivity contribution in [3.63, 3.8) is 0 Å². The summed E-state index contributed by atoms with van der Waals surface area (Å²) in [6.07, 6.45) is 7.41. The summed E-state index contributed by atoms with van der Waals surface area (Å²) in [5, 5.41) is 2.08. The molecule has 0 saturated carbocycles. The normalized spacial score (nSPS) is 14.5. The number of hydrogen-bond donors (Lipinski definition) is 1. The Morgan fingerprint density at radius 2 is 2.20 bits per heavy atom. The predicted molar refractivity (Wildman–Crippen MR) is 78.9 cm³/mol. The molecular formula is C14H14N4OS. The molecule has 3 heterocycles. The van der Waals surface area contributed by atoms with Gasteiger partial charge in [-0.2, -0.15) is 0 Å². The summed E-state index contributed by atoms with van der Waals surface area (Å²) in [6, 6.07) is 2.09. The van der Waals surface area contributed by atoms with Crippen molar-refractivity contribution < 1.29 is 4.79 Å². The second-order valence-electron chi connectivity index (χ2n) is 4.59. The highest BCUT2D eigenvalue weighted by Gasteiger charge is 2.19. The fourth-order valence-corrected chi connectivity index (χ4v) is 3.03. The molecule has 2 aromatic heterocycles. The minimum atomic E-state index is 0.0127. The van der Waals surface area contributed by atoms with Crippen molar-refractivity contribution >= 4 is 29.3 Å². The van der Waals surface area contributed by atoms with Gasteiger partial charge in [0.15, 0.2) is 0 Å². The van der Waals surface area contributed by atoms with Crippen LogP contribution in [0, 0.1) is 0 Å². The van der Waals surface area contributed by atoms with Crippen LogP contribution in [0.4, 0.5) is 5.95 Å². The van der Waals surface area contributed by atoms with Crippen LogP contribution in [0.3, 0.4) is 0 Å². The number of fused-ring (bicyclic) bond motifs is 1. The topological polar surface area (TPSA) is 72.1 Å². The van der Waals surface area contributed by atoms with E-state index in [4.69, 9.17) is 5.73 Å². The number of nitrogens with zero attached hydrogens (tertiary/aromatic N) is 3. The Bertz CT molecular complexity index is 647. The third kappa shape index (κ3) is 2.70. The smallest absolute Gasteiger partial charge is 0.246 e. The summed E-state index contributed by atoms with van der Waals surface area (Å²) in [5.74, 6) is 0.244. The zero-order valence-electron chi connectivity index (χ0n) is 10.8. The van der Waals surface area contributed by atoms with Crippen LogP contribution in [0.5, 0.6) is 0 Å². The van der Waals surface area contributed by atoms with Gasteiger partial charge in [-0.3, -0.25) is 4.79 Å². The lowest BCUT2D eigenvalue weighted by Crippen LogP contribution is -2.34. The van der Waals surface area contributed by atoms with Crippen LogP contribution in [-0.4, -0.2) is 27.3 Å². The number of nitrogen functional groups attached to an aromatic ring is 1. The Hall–Kier alpha value is -2.21. The van der Waals surface area contributed by atoms with Crippen LogP contribution in [-0.2, 0) is 17.8 Å². The van der Waals surface area contributed by atoms with Gasteiger partial charge in [0.25, 0.3) is 0 Å². The standard InChI is InChI=1S/C14H14N4OS/c15-14-16-7-10(8-17-14)1-2-13(19)18-5-3-12-11(9-18)4-6-20-12/h1-2,4,6-8H,3,5,9H2,(H2,15,16,17)/b2-1+. The SMILES string of the molecule is Nc1ncc(/C=C/C(=O)N2CCc3sccc3C2)cn1. The number of carbonyl (C=O) groups excluding carboxylic acids is 1. The third-order valence-electron chi connectivity index (χ3n) is 3.23. The largest absolute Gasteiger partial charge is 0.368 e. The molecule has 0 radical (unpaired) electrons. The summed E-state index contributed by atoms with van der Waals surface area (Å²) in [6.45, 7) is 1.47. The van der Waals surface area contributed by atoms with Crippen molar-refractivity contribution in [2.45, 2.75) is 13.0 Å². The average Bonchev–Trinajstić information content (AvgIpc) is 2.93. The number of carbonyl (C=O) groups is 1. The molecule has 1 aliphatic rings. The molecule has 0 unspecified atom stereocenters. The van der Waals surface area contributed by atoms with E-state index in [1.807, 2.05) is 4.90 Å². The minimum absolute atomic E-state index is 0.0127. The Morgan fingerprint density at radius 3 is 3.00 bits per heavy atom. The van der Waals surface area contributed by atoms with Crippen molar-refractivity contribution in [2.24, 2.45) is 0 Å². The molecule has 5 nitrogen and oxygen atoms in total. The van der Waals surface area contributed by atoms with Crippen molar-refractivity contribution in [3.05, 3.63) is 45.9 Å². The van der Waals surface area contributed by atoms with E-state index in [-0.39, 0.29) is 11.9 Å². The van der Waals surface area contributed by atoms with Crippen LogP contribution in [0.1, 0.15) is 16.0 Å². The molecule has 0 spiro atoms. The van der Waals surface area contributed by atoms with E-state index in [1.54, 1.807) is 35.9 Å². The molecule has 0 bridgehead atoms. The summed E-state index contributed by atoms with van der Waals surface area (Å²) in [4.78, 5) is 23.2. The number of aromatic nitrogens is 2. The van der Waals surface area contributed by atoms with E-state index in [2.05, 4.69) is 21.4 Å². The van der Waals surface area contributed by atoms with Gasteiger partial charge in [0.1, 0.15) is 0 Å². The van der Waals surface area contributed by atoms with Gasteiger partial charge in [-0.25, -0.2) is 9.97 Å². The third-order valence-corrected chi connectivity index (χ3v) is 4.25. The lowest BCUT2D eigenvalue weighted by Gasteiger charge is -2.25. The van der Waals surface area contributed by atoms with E-state index in [0.717, 1.165) is 18.5 Å². The fourth-order valence-electron chi connectivity index (χ4n) is 2.14. The number of anilines is 1. The van der Waals surface area contributed by atoms with Crippen LogP contribution in [0.15, 0.2) is 29.9 Å². The zero-order chi connectivity index (χ0) is 13.9. The molecule has 1 amide bonds. The van der Waals surface area contributed by atoms with Gasteiger partial charge in [0, 0.05) is 42.0 Å². The molecule has 6 heteroatoms. The molecule has 0 atom stereocenters.